The SMILES string of the molecule is COc1cccc(OB(O)O)c1O. The second-order valence-corrected chi connectivity index (χ2v) is 2.25. The normalized spacial score (nSPS) is 9.46. The third-order valence-electron chi connectivity index (χ3n) is 1.41. The first kappa shape index (κ1) is 9.69. The van der Waals surface area contributed by atoms with Crippen LogP contribution in [0.1, 0.15) is 0 Å². The van der Waals surface area contributed by atoms with Crippen molar-refractivity contribution >= 4 is 7.32 Å². The van der Waals surface area contributed by atoms with Gasteiger partial charge in [-0.15, -0.1) is 0 Å². The zero-order valence-electron chi connectivity index (χ0n) is 6.97. The molecule has 0 spiro atoms. The second kappa shape index (κ2) is 4.02. The van der Waals surface area contributed by atoms with Crippen LogP contribution in [0.5, 0.6) is 17.2 Å². The van der Waals surface area contributed by atoms with E-state index in [0.29, 0.717) is 0 Å². The fraction of sp³-hybridized carbons (Fsp3) is 0.143. The van der Waals surface area contributed by atoms with Crippen molar-refractivity contribution < 1.29 is 24.5 Å². The summed E-state index contributed by atoms with van der Waals surface area (Å²) >= 11 is 0. The van der Waals surface area contributed by atoms with Crippen molar-refractivity contribution in [2.75, 3.05) is 7.11 Å². The van der Waals surface area contributed by atoms with Gasteiger partial charge in [-0.1, -0.05) is 6.07 Å². The molecule has 0 saturated heterocycles. The van der Waals surface area contributed by atoms with Crippen LogP contribution in [0.3, 0.4) is 0 Å². The summed E-state index contributed by atoms with van der Waals surface area (Å²) in [5, 5.41) is 26.3. The Bertz CT molecular complexity index is 288. The minimum atomic E-state index is -1.96. The van der Waals surface area contributed by atoms with Gasteiger partial charge in [0.15, 0.2) is 11.5 Å². The molecule has 0 unspecified atom stereocenters. The van der Waals surface area contributed by atoms with Gasteiger partial charge in [0, 0.05) is 0 Å². The Morgan fingerprint density at radius 1 is 1.23 bits per heavy atom. The van der Waals surface area contributed by atoms with Crippen LogP contribution in [-0.2, 0) is 0 Å². The maximum Gasteiger partial charge on any atom is 0.707 e. The van der Waals surface area contributed by atoms with Crippen LogP contribution in [0.15, 0.2) is 18.2 Å². The summed E-state index contributed by atoms with van der Waals surface area (Å²) in [6.07, 6.45) is 0. The Morgan fingerprint density at radius 2 is 1.85 bits per heavy atom. The van der Waals surface area contributed by atoms with E-state index in [1.165, 1.54) is 19.2 Å². The lowest BCUT2D eigenvalue weighted by atomic mass is 10.2. The Morgan fingerprint density at radius 3 is 2.38 bits per heavy atom. The number of aromatic hydroxyl groups is 1. The molecule has 0 aliphatic rings. The number of rotatable bonds is 3. The van der Waals surface area contributed by atoms with Crippen LogP contribution >= 0.6 is 0 Å². The van der Waals surface area contributed by atoms with E-state index >= 15 is 0 Å². The average Bonchev–Trinajstić information content (AvgIpc) is 2.08. The van der Waals surface area contributed by atoms with Crippen LogP contribution < -0.4 is 9.39 Å². The maximum absolute atomic E-state index is 9.37. The zero-order valence-corrected chi connectivity index (χ0v) is 6.97. The Hall–Kier alpha value is -1.40. The molecule has 0 aromatic heterocycles. The van der Waals surface area contributed by atoms with Crippen LogP contribution in [-0.4, -0.2) is 29.6 Å². The molecule has 0 atom stereocenters. The molecule has 70 valence electrons. The third-order valence-corrected chi connectivity index (χ3v) is 1.41. The molecule has 1 aromatic rings. The lowest BCUT2D eigenvalue weighted by Crippen LogP contribution is -2.20. The molecule has 3 N–H and O–H groups in total. The minimum Gasteiger partial charge on any atom is -0.509 e. The van der Waals surface area contributed by atoms with Crippen LogP contribution in [0, 0.1) is 0 Å². The molecule has 1 aromatic carbocycles. The Kier molecular flexibility index (Phi) is 3.00. The van der Waals surface area contributed by atoms with Gasteiger partial charge in [-0.25, -0.2) is 0 Å². The highest BCUT2D eigenvalue weighted by molar-refractivity contribution is 6.33. The first-order valence-electron chi connectivity index (χ1n) is 3.54. The van der Waals surface area contributed by atoms with E-state index in [9.17, 15) is 5.11 Å². The van der Waals surface area contributed by atoms with E-state index < -0.39 is 7.32 Å². The van der Waals surface area contributed by atoms with Gasteiger partial charge in [-0.05, 0) is 12.1 Å². The van der Waals surface area contributed by atoms with Gasteiger partial charge < -0.3 is 24.5 Å². The molecule has 0 heterocycles. The Labute approximate surface area is 75.3 Å². The van der Waals surface area contributed by atoms with Gasteiger partial charge in [-0.3, -0.25) is 0 Å². The van der Waals surface area contributed by atoms with Crippen molar-refractivity contribution in [1.29, 1.82) is 0 Å². The van der Waals surface area contributed by atoms with Crippen LogP contribution in [0.25, 0.3) is 0 Å². The maximum atomic E-state index is 9.37. The summed E-state index contributed by atoms with van der Waals surface area (Å²) < 4.78 is 9.24. The minimum absolute atomic E-state index is 0.0469. The van der Waals surface area contributed by atoms with Crippen molar-refractivity contribution in [2.45, 2.75) is 0 Å². The van der Waals surface area contributed by atoms with Gasteiger partial charge in [0.1, 0.15) is 5.75 Å². The molecule has 0 aliphatic heterocycles. The summed E-state index contributed by atoms with van der Waals surface area (Å²) in [6.45, 7) is 0. The molecular formula is C7H9BO5. The fourth-order valence-electron chi connectivity index (χ4n) is 0.876. The molecule has 0 fully saturated rings. The highest BCUT2D eigenvalue weighted by Gasteiger charge is 2.16. The van der Waals surface area contributed by atoms with E-state index in [4.69, 9.17) is 14.8 Å². The van der Waals surface area contributed by atoms with Crippen molar-refractivity contribution in [3.8, 4) is 17.2 Å². The number of para-hydroxylation sites is 1. The first-order chi connectivity index (χ1) is 6.15. The van der Waals surface area contributed by atoms with E-state index in [2.05, 4.69) is 4.65 Å². The average molecular weight is 184 g/mol. The predicted octanol–water partition coefficient (Wildman–Crippen LogP) is -0.251. The van der Waals surface area contributed by atoms with E-state index in [0.717, 1.165) is 0 Å². The lowest BCUT2D eigenvalue weighted by molar-refractivity contribution is 0.278. The number of phenolic OH excluding ortho intramolecular Hbond substituents is 1. The number of hydrogen-bond donors (Lipinski definition) is 3. The molecule has 13 heavy (non-hydrogen) atoms. The first-order valence-corrected chi connectivity index (χ1v) is 3.54. The molecule has 5 nitrogen and oxygen atoms in total. The molecule has 1 rings (SSSR count). The number of ether oxygens (including phenoxy) is 1. The van der Waals surface area contributed by atoms with Gasteiger partial charge in [-0.2, -0.15) is 0 Å². The second-order valence-electron chi connectivity index (χ2n) is 2.25. The van der Waals surface area contributed by atoms with E-state index in [-0.39, 0.29) is 17.2 Å². The molecule has 0 amide bonds. The summed E-state index contributed by atoms with van der Waals surface area (Å²) in [5.41, 5.74) is 0. The van der Waals surface area contributed by atoms with Crippen molar-refractivity contribution in [3.63, 3.8) is 0 Å². The van der Waals surface area contributed by atoms with E-state index in [1.807, 2.05) is 0 Å². The number of hydrogen-bond acceptors (Lipinski definition) is 5. The summed E-state index contributed by atoms with van der Waals surface area (Å²) in [4.78, 5) is 0. The largest absolute Gasteiger partial charge is 0.707 e. The van der Waals surface area contributed by atoms with Gasteiger partial charge >= 0.3 is 7.32 Å². The number of phenols is 1. The summed E-state index contributed by atoms with van der Waals surface area (Å²) in [6, 6.07) is 4.46. The highest BCUT2D eigenvalue weighted by atomic mass is 16.6. The molecule has 0 aliphatic carbocycles. The molecule has 0 bridgehead atoms. The molecule has 0 saturated carbocycles. The standard InChI is InChI=1S/C7H9BO5/c1-12-5-3-2-4-6(7(5)9)13-8(10)11/h2-4,9-11H,1H3. The topological polar surface area (TPSA) is 79.2 Å². The Balaban J connectivity index is 2.94. The fourth-order valence-corrected chi connectivity index (χ4v) is 0.876. The molecule has 6 heteroatoms. The van der Waals surface area contributed by atoms with Gasteiger partial charge in [0.25, 0.3) is 0 Å². The zero-order chi connectivity index (χ0) is 9.84. The molecule has 0 radical (unpaired) electrons. The number of benzene rings is 1. The van der Waals surface area contributed by atoms with Crippen molar-refractivity contribution in [3.05, 3.63) is 18.2 Å². The van der Waals surface area contributed by atoms with Gasteiger partial charge in [0.05, 0.1) is 7.11 Å². The lowest BCUT2D eigenvalue weighted by Gasteiger charge is -2.09. The predicted molar refractivity (Wildman–Crippen MR) is 45.5 cm³/mol. The van der Waals surface area contributed by atoms with Crippen LogP contribution in [0.4, 0.5) is 0 Å². The monoisotopic (exact) mass is 184 g/mol. The van der Waals surface area contributed by atoms with Gasteiger partial charge in [0.2, 0.25) is 0 Å². The van der Waals surface area contributed by atoms with Crippen LogP contribution in [0.2, 0.25) is 0 Å². The summed E-state index contributed by atoms with van der Waals surface area (Å²) in [7, 11) is -0.577. The third kappa shape index (κ3) is 2.27. The number of methoxy groups -OCH3 is 1. The smallest absolute Gasteiger partial charge is 0.509 e. The molecular weight excluding hydrogens is 175 g/mol. The quantitative estimate of drug-likeness (QED) is 0.564. The highest BCUT2D eigenvalue weighted by Crippen LogP contribution is 2.35. The summed E-state index contributed by atoms with van der Waals surface area (Å²) in [5.74, 6) is -0.106. The van der Waals surface area contributed by atoms with E-state index in [1.54, 1.807) is 6.07 Å². The van der Waals surface area contributed by atoms with Crippen molar-refractivity contribution in [2.24, 2.45) is 0 Å². The van der Waals surface area contributed by atoms with Crippen molar-refractivity contribution in [1.82, 2.24) is 0 Å².